The zero-order valence-electron chi connectivity index (χ0n) is 13.3. The van der Waals surface area contributed by atoms with Gasteiger partial charge < -0.3 is 20.1 Å². The summed E-state index contributed by atoms with van der Waals surface area (Å²) in [6.07, 6.45) is 1.67. The normalized spacial score (nSPS) is 10.0. The van der Waals surface area contributed by atoms with E-state index < -0.39 is 0 Å². The number of ether oxygens (including phenoxy) is 2. The Bertz CT molecular complexity index is 629. The van der Waals surface area contributed by atoms with Crippen molar-refractivity contribution >= 4 is 6.03 Å². The predicted octanol–water partition coefficient (Wildman–Crippen LogP) is 2.28. The molecule has 1 aromatic heterocycles. The topological polar surface area (TPSA) is 72.5 Å². The fourth-order valence-electron chi connectivity index (χ4n) is 1.92. The molecule has 0 spiro atoms. The molecule has 1 heterocycles. The zero-order chi connectivity index (χ0) is 16.5. The number of nitrogens with zero attached hydrogens (tertiary/aromatic N) is 1. The third-order valence-electron chi connectivity index (χ3n) is 3.11. The van der Waals surface area contributed by atoms with Gasteiger partial charge in [0.2, 0.25) is 5.88 Å². The molecule has 0 unspecified atom stereocenters. The van der Waals surface area contributed by atoms with E-state index in [1.165, 1.54) is 0 Å². The zero-order valence-corrected chi connectivity index (χ0v) is 13.3. The van der Waals surface area contributed by atoms with Crippen LogP contribution >= 0.6 is 0 Å². The van der Waals surface area contributed by atoms with Gasteiger partial charge in [-0.25, -0.2) is 9.78 Å². The van der Waals surface area contributed by atoms with E-state index in [0.717, 1.165) is 16.9 Å². The molecule has 0 saturated heterocycles. The van der Waals surface area contributed by atoms with Gasteiger partial charge in [0.25, 0.3) is 0 Å². The van der Waals surface area contributed by atoms with E-state index in [-0.39, 0.29) is 6.03 Å². The van der Waals surface area contributed by atoms with Crippen molar-refractivity contribution in [1.29, 1.82) is 0 Å². The number of benzene rings is 1. The van der Waals surface area contributed by atoms with E-state index in [0.29, 0.717) is 25.6 Å². The fourth-order valence-corrected chi connectivity index (χ4v) is 1.92. The molecule has 0 aliphatic heterocycles. The van der Waals surface area contributed by atoms with Gasteiger partial charge in [0.05, 0.1) is 13.7 Å². The summed E-state index contributed by atoms with van der Waals surface area (Å²) in [6.45, 7) is 3.26. The Morgan fingerprint density at radius 2 is 2.09 bits per heavy atom. The van der Waals surface area contributed by atoms with E-state index in [2.05, 4.69) is 15.6 Å². The van der Waals surface area contributed by atoms with E-state index in [1.54, 1.807) is 19.4 Å². The number of hydrogen-bond acceptors (Lipinski definition) is 4. The molecule has 0 fully saturated rings. The summed E-state index contributed by atoms with van der Waals surface area (Å²) in [7, 11) is 1.56. The summed E-state index contributed by atoms with van der Waals surface area (Å²) < 4.78 is 10.5. The Morgan fingerprint density at radius 1 is 1.22 bits per heavy atom. The lowest BCUT2D eigenvalue weighted by Crippen LogP contribution is -2.37. The number of pyridine rings is 1. The molecule has 0 bridgehead atoms. The molecular weight excluding hydrogens is 294 g/mol. The molecule has 122 valence electrons. The Morgan fingerprint density at radius 3 is 2.78 bits per heavy atom. The van der Waals surface area contributed by atoms with Gasteiger partial charge in [-0.05, 0) is 30.2 Å². The maximum atomic E-state index is 11.7. The monoisotopic (exact) mass is 315 g/mol. The Labute approximate surface area is 135 Å². The van der Waals surface area contributed by atoms with Crippen LogP contribution in [0, 0.1) is 6.92 Å². The van der Waals surface area contributed by atoms with Gasteiger partial charge in [-0.2, -0.15) is 0 Å². The van der Waals surface area contributed by atoms with Crippen molar-refractivity contribution in [2.24, 2.45) is 0 Å². The van der Waals surface area contributed by atoms with Gasteiger partial charge in [-0.1, -0.05) is 18.2 Å². The first kappa shape index (κ1) is 16.6. The van der Waals surface area contributed by atoms with Gasteiger partial charge in [0.1, 0.15) is 12.4 Å². The molecule has 2 N–H and O–H groups in total. The molecule has 0 saturated carbocycles. The number of amides is 2. The molecule has 23 heavy (non-hydrogen) atoms. The second kappa shape index (κ2) is 8.63. The van der Waals surface area contributed by atoms with Crippen molar-refractivity contribution in [2.45, 2.75) is 13.5 Å². The van der Waals surface area contributed by atoms with Crippen molar-refractivity contribution in [1.82, 2.24) is 15.6 Å². The molecule has 0 aliphatic carbocycles. The van der Waals surface area contributed by atoms with Crippen LogP contribution < -0.4 is 20.1 Å². The Kier molecular flexibility index (Phi) is 6.23. The van der Waals surface area contributed by atoms with E-state index in [1.807, 2.05) is 37.3 Å². The first-order chi connectivity index (χ1) is 11.2. The Hall–Kier alpha value is -2.76. The van der Waals surface area contributed by atoms with Gasteiger partial charge >= 0.3 is 6.03 Å². The number of nitrogens with one attached hydrogen (secondary N) is 2. The molecule has 2 aromatic rings. The molecule has 0 atom stereocenters. The van der Waals surface area contributed by atoms with Crippen LogP contribution in [0.3, 0.4) is 0 Å². The quantitative estimate of drug-likeness (QED) is 0.769. The number of urea groups is 1. The molecule has 2 amide bonds. The van der Waals surface area contributed by atoms with Crippen LogP contribution in [0.5, 0.6) is 11.6 Å². The molecule has 0 aliphatic rings. The smallest absolute Gasteiger partial charge is 0.315 e. The Balaban J connectivity index is 1.63. The number of carbonyl (C=O) groups is 1. The van der Waals surface area contributed by atoms with Gasteiger partial charge in [0.15, 0.2) is 0 Å². The van der Waals surface area contributed by atoms with Gasteiger partial charge in [-0.3, -0.25) is 0 Å². The average Bonchev–Trinajstić information content (AvgIpc) is 2.57. The molecule has 2 rings (SSSR count). The number of methoxy groups -OCH3 is 1. The largest absolute Gasteiger partial charge is 0.492 e. The van der Waals surface area contributed by atoms with Crippen molar-refractivity contribution < 1.29 is 14.3 Å². The molecule has 0 radical (unpaired) electrons. The number of hydrogen-bond donors (Lipinski definition) is 2. The summed E-state index contributed by atoms with van der Waals surface area (Å²) in [5.74, 6) is 1.35. The number of aromatic nitrogens is 1. The van der Waals surface area contributed by atoms with Gasteiger partial charge in [-0.15, -0.1) is 0 Å². The van der Waals surface area contributed by atoms with E-state index in [4.69, 9.17) is 9.47 Å². The summed E-state index contributed by atoms with van der Waals surface area (Å²) in [5.41, 5.74) is 2.04. The molecule has 6 heteroatoms. The predicted molar refractivity (Wildman–Crippen MR) is 87.7 cm³/mol. The highest BCUT2D eigenvalue weighted by Crippen LogP contribution is 2.11. The first-order valence-corrected chi connectivity index (χ1v) is 7.37. The average molecular weight is 315 g/mol. The summed E-state index contributed by atoms with van der Waals surface area (Å²) in [4.78, 5) is 15.8. The number of aryl methyl sites for hydroxylation is 1. The highest BCUT2D eigenvalue weighted by molar-refractivity contribution is 5.73. The summed E-state index contributed by atoms with van der Waals surface area (Å²) >= 11 is 0. The van der Waals surface area contributed by atoms with Crippen LogP contribution in [0.2, 0.25) is 0 Å². The van der Waals surface area contributed by atoms with Crippen molar-refractivity contribution in [3.05, 3.63) is 53.7 Å². The SMILES string of the molecule is COc1ccc(CNC(=O)NCCOc2cccc(C)c2)cn1. The lowest BCUT2D eigenvalue weighted by atomic mass is 10.2. The first-order valence-electron chi connectivity index (χ1n) is 7.37. The van der Waals surface area contributed by atoms with Crippen LogP contribution in [0.15, 0.2) is 42.6 Å². The minimum absolute atomic E-state index is 0.242. The van der Waals surface area contributed by atoms with Crippen LogP contribution in [-0.4, -0.2) is 31.3 Å². The van der Waals surface area contributed by atoms with Gasteiger partial charge in [0, 0.05) is 18.8 Å². The van der Waals surface area contributed by atoms with Crippen molar-refractivity contribution in [2.75, 3.05) is 20.3 Å². The van der Waals surface area contributed by atoms with Crippen LogP contribution in [0.1, 0.15) is 11.1 Å². The van der Waals surface area contributed by atoms with Crippen LogP contribution in [-0.2, 0) is 6.54 Å². The second-order valence-corrected chi connectivity index (χ2v) is 4.98. The maximum Gasteiger partial charge on any atom is 0.315 e. The summed E-state index contributed by atoms with van der Waals surface area (Å²) in [6, 6.07) is 11.2. The minimum Gasteiger partial charge on any atom is -0.492 e. The molecular formula is C17H21N3O3. The number of carbonyl (C=O) groups excluding carboxylic acids is 1. The lowest BCUT2D eigenvalue weighted by molar-refractivity contribution is 0.236. The third kappa shape index (κ3) is 5.86. The third-order valence-corrected chi connectivity index (χ3v) is 3.11. The van der Waals surface area contributed by atoms with E-state index >= 15 is 0 Å². The van der Waals surface area contributed by atoms with Crippen molar-refractivity contribution in [3.8, 4) is 11.6 Å². The summed E-state index contributed by atoms with van der Waals surface area (Å²) in [5, 5.41) is 5.50. The fraction of sp³-hybridized carbons (Fsp3) is 0.294. The molecule has 6 nitrogen and oxygen atoms in total. The van der Waals surface area contributed by atoms with E-state index in [9.17, 15) is 4.79 Å². The minimum atomic E-state index is -0.242. The van der Waals surface area contributed by atoms with Crippen molar-refractivity contribution in [3.63, 3.8) is 0 Å². The lowest BCUT2D eigenvalue weighted by Gasteiger charge is -2.09. The highest BCUT2D eigenvalue weighted by atomic mass is 16.5. The number of rotatable bonds is 7. The molecule has 1 aromatic carbocycles. The van der Waals surface area contributed by atoms with Crippen LogP contribution in [0.4, 0.5) is 4.79 Å². The highest BCUT2D eigenvalue weighted by Gasteiger charge is 2.01. The maximum absolute atomic E-state index is 11.7. The standard InChI is InChI=1S/C17H21N3O3/c1-13-4-3-5-15(10-13)23-9-8-18-17(21)20-12-14-6-7-16(22-2)19-11-14/h3-7,10-11H,8-9,12H2,1-2H3,(H2,18,20,21). The second-order valence-electron chi connectivity index (χ2n) is 4.98. The van der Waals surface area contributed by atoms with Crippen LogP contribution in [0.25, 0.3) is 0 Å².